The Morgan fingerprint density at radius 3 is 1.79 bits per heavy atom. The molecule has 0 aliphatic heterocycles. The van der Waals surface area contributed by atoms with Crippen molar-refractivity contribution >= 4 is 10.1 Å². The third kappa shape index (κ3) is 63.9. The summed E-state index contributed by atoms with van der Waals surface area (Å²) in [5.41, 5.74) is 4.78. The van der Waals surface area contributed by atoms with E-state index < -0.39 is 10.1 Å². The van der Waals surface area contributed by atoms with Crippen molar-refractivity contribution in [3.63, 3.8) is 0 Å². The Morgan fingerprint density at radius 2 is 1.43 bits per heavy atom. The van der Waals surface area contributed by atoms with Gasteiger partial charge >= 0.3 is 0 Å². The molecule has 0 heterocycles. The van der Waals surface area contributed by atoms with Gasteiger partial charge in [-0.1, -0.05) is 12.2 Å². The van der Waals surface area contributed by atoms with Crippen LogP contribution in [0.1, 0.15) is 6.92 Å². The molecule has 0 spiro atoms. The first kappa shape index (κ1) is 34.6. The lowest BCUT2D eigenvalue weighted by Crippen LogP contribution is -2.22. The van der Waals surface area contributed by atoms with Crippen LogP contribution in [0.25, 0.3) is 0 Å². The fourth-order valence-electron chi connectivity index (χ4n) is 0.926. The molecule has 0 unspecified atom stereocenters. The van der Waals surface area contributed by atoms with Crippen molar-refractivity contribution in [2.24, 2.45) is 5.73 Å². The van der Waals surface area contributed by atoms with E-state index in [4.69, 9.17) is 30.5 Å². The predicted octanol–water partition coefficient (Wildman–Crippen LogP) is -1.13. The van der Waals surface area contributed by atoms with Gasteiger partial charge in [-0.3, -0.25) is 4.18 Å². The van der Waals surface area contributed by atoms with Crippen LogP contribution in [0.2, 0.25) is 0 Å². The number of nitrogens with one attached hydrogen (secondary N) is 1. The van der Waals surface area contributed by atoms with E-state index in [0.717, 1.165) is 12.8 Å². The highest BCUT2D eigenvalue weighted by atomic mass is 32.2. The summed E-state index contributed by atoms with van der Waals surface area (Å²) in [7, 11) is -3.32. The van der Waals surface area contributed by atoms with Crippen molar-refractivity contribution in [3.05, 3.63) is 25.3 Å². The summed E-state index contributed by atoms with van der Waals surface area (Å²) in [6.07, 6.45) is 4.30. The third-order valence-electron chi connectivity index (χ3n) is 1.84. The summed E-state index contributed by atoms with van der Waals surface area (Å²) in [5, 5.41) is 26.7. The Balaban J connectivity index is -0.000000155. The highest BCUT2D eigenvalue weighted by molar-refractivity contribution is 7.85. The Kier molecular flexibility index (Phi) is 41.6. The second kappa shape index (κ2) is 33.7. The normalized spacial score (nSPS) is 9.64. The lowest BCUT2D eigenvalue weighted by Gasteiger charge is -2.01. The third-order valence-corrected chi connectivity index (χ3v) is 2.43. The van der Waals surface area contributed by atoms with Crippen molar-refractivity contribution in [1.82, 2.24) is 5.32 Å². The van der Waals surface area contributed by atoms with Crippen LogP contribution in [0, 0.1) is 0 Å². The molecule has 0 fully saturated rings. The number of aliphatic hydroxyl groups is 3. The molecule has 0 saturated carbocycles. The van der Waals surface area contributed by atoms with Crippen molar-refractivity contribution in [3.8, 4) is 0 Å². The molecule has 172 valence electrons. The second-order valence-electron chi connectivity index (χ2n) is 4.56. The van der Waals surface area contributed by atoms with Crippen LogP contribution < -0.4 is 11.1 Å². The average molecular weight is 433 g/mol. The van der Waals surface area contributed by atoms with Crippen molar-refractivity contribution < 1.29 is 37.4 Å². The minimum absolute atomic E-state index is 0.0622. The van der Waals surface area contributed by atoms with Gasteiger partial charge in [0.05, 0.1) is 52.5 Å². The zero-order valence-electron chi connectivity index (χ0n) is 17.2. The molecular weight excluding hydrogens is 392 g/mol. The van der Waals surface area contributed by atoms with E-state index in [-0.39, 0.29) is 33.0 Å². The number of ether oxygens (including phenoxy) is 2. The molecule has 0 aromatic rings. The SMILES string of the molecule is C=CCOCCNCCO.C=CCOCCOS(C)(=O)=O.CCO.NCCO. The zero-order chi connectivity index (χ0) is 22.5. The molecule has 0 aliphatic carbocycles. The fraction of sp³-hybridized carbons (Fsp3) is 0.765. The lowest BCUT2D eigenvalue weighted by molar-refractivity contribution is 0.124. The minimum atomic E-state index is -3.32. The van der Waals surface area contributed by atoms with Gasteiger partial charge in [0.25, 0.3) is 10.1 Å². The quantitative estimate of drug-likeness (QED) is 0.129. The number of nitrogens with two attached hydrogens (primary N) is 1. The minimum Gasteiger partial charge on any atom is -0.397 e. The van der Waals surface area contributed by atoms with Crippen LogP contribution in [0.3, 0.4) is 0 Å². The van der Waals surface area contributed by atoms with Crippen LogP contribution in [-0.4, -0.2) is 102 Å². The number of rotatable bonds is 14. The number of hydrogen-bond donors (Lipinski definition) is 5. The Morgan fingerprint density at radius 1 is 0.964 bits per heavy atom. The van der Waals surface area contributed by atoms with Gasteiger partial charge < -0.3 is 35.8 Å². The molecule has 0 amide bonds. The van der Waals surface area contributed by atoms with Gasteiger partial charge in [0.2, 0.25) is 0 Å². The Hall–Kier alpha value is -0.890. The zero-order valence-corrected chi connectivity index (χ0v) is 18.0. The molecule has 0 rings (SSSR count). The van der Waals surface area contributed by atoms with E-state index >= 15 is 0 Å². The van der Waals surface area contributed by atoms with Gasteiger partial charge in [0.15, 0.2) is 0 Å². The van der Waals surface area contributed by atoms with Crippen LogP contribution in [0.4, 0.5) is 0 Å². The monoisotopic (exact) mass is 432 g/mol. The summed E-state index contributed by atoms with van der Waals surface area (Å²) in [4.78, 5) is 0. The van der Waals surface area contributed by atoms with Crippen LogP contribution in [-0.2, 0) is 23.8 Å². The second-order valence-corrected chi connectivity index (χ2v) is 6.20. The predicted molar refractivity (Wildman–Crippen MR) is 112 cm³/mol. The summed E-state index contributed by atoms with van der Waals surface area (Å²) >= 11 is 0. The molecule has 0 bridgehead atoms. The summed E-state index contributed by atoms with van der Waals surface area (Å²) in [6, 6.07) is 0. The van der Waals surface area contributed by atoms with Crippen LogP contribution in [0.5, 0.6) is 0 Å². The van der Waals surface area contributed by atoms with Gasteiger partial charge in [-0.15, -0.1) is 13.2 Å². The van der Waals surface area contributed by atoms with Crippen molar-refractivity contribution in [2.45, 2.75) is 6.92 Å². The first-order valence-corrected chi connectivity index (χ1v) is 10.6. The fourth-order valence-corrected chi connectivity index (χ4v) is 1.30. The summed E-state index contributed by atoms with van der Waals surface area (Å²) in [5.74, 6) is 0. The van der Waals surface area contributed by atoms with E-state index in [1.807, 2.05) is 0 Å². The van der Waals surface area contributed by atoms with E-state index in [1.165, 1.54) is 0 Å². The molecular formula is C17H40N2O8S. The molecule has 0 radical (unpaired) electrons. The smallest absolute Gasteiger partial charge is 0.264 e. The molecule has 0 aromatic carbocycles. The summed E-state index contributed by atoms with van der Waals surface area (Å²) in [6.45, 7) is 12.9. The van der Waals surface area contributed by atoms with Gasteiger partial charge in [-0.25, -0.2) is 0 Å². The Bertz CT molecular complexity index is 379. The van der Waals surface area contributed by atoms with Crippen molar-refractivity contribution in [2.75, 3.05) is 78.7 Å². The standard InChI is InChI=1S/C7H15NO2.C6H12O4S.C2H7NO.C2H6O/c1-2-6-10-7-4-8-3-5-9;1-3-4-9-5-6-10-11(2,7)8;3-1-2-4;1-2-3/h2,8-9H,1,3-7H2;3H,1,4-6H2,2H3;4H,1-3H2;3H,2H2,1H3. The molecule has 11 heteroatoms. The van der Waals surface area contributed by atoms with Gasteiger partial charge in [-0.2, -0.15) is 8.42 Å². The first-order chi connectivity index (χ1) is 13.3. The highest BCUT2D eigenvalue weighted by Gasteiger charge is 1.99. The topological polar surface area (TPSA) is 161 Å². The molecule has 10 nitrogen and oxygen atoms in total. The van der Waals surface area contributed by atoms with Gasteiger partial charge in [0, 0.05) is 26.2 Å². The highest BCUT2D eigenvalue weighted by Crippen LogP contribution is 1.86. The Labute approximate surface area is 170 Å². The van der Waals surface area contributed by atoms with E-state index in [2.05, 4.69) is 22.7 Å². The maximum atomic E-state index is 10.4. The van der Waals surface area contributed by atoms with E-state index in [9.17, 15) is 8.42 Å². The molecule has 0 atom stereocenters. The molecule has 28 heavy (non-hydrogen) atoms. The lowest BCUT2D eigenvalue weighted by atomic mass is 10.6. The first-order valence-electron chi connectivity index (χ1n) is 8.76. The van der Waals surface area contributed by atoms with Crippen molar-refractivity contribution in [1.29, 1.82) is 0 Å². The van der Waals surface area contributed by atoms with Gasteiger partial charge in [-0.05, 0) is 6.92 Å². The largest absolute Gasteiger partial charge is 0.397 e. The van der Waals surface area contributed by atoms with E-state index in [0.29, 0.717) is 32.9 Å². The van der Waals surface area contributed by atoms with E-state index in [1.54, 1.807) is 19.1 Å². The average Bonchev–Trinajstić information content (AvgIpc) is 2.65. The molecule has 6 N–H and O–H groups in total. The maximum absolute atomic E-state index is 10.4. The van der Waals surface area contributed by atoms with Crippen LogP contribution in [0.15, 0.2) is 25.3 Å². The number of aliphatic hydroxyl groups excluding tert-OH is 3. The van der Waals surface area contributed by atoms with Crippen LogP contribution >= 0.6 is 0 Å². The van der Waals surface area contributed by atoms with Gasteiger partial charge in [0.1, 0.15) is 0 Å². The molecule has 0 aromatic heterocycles. The number of hydrogen-bond acceptors (Lipinski definition) is 10. The molecule has 0 aliphatic rings. The maximum Gasteiger partial charge on any atom is 0.264 e. The summed E-state index contributed by atoms with van der Waals surface area (Å²) < 4.78 is 35.1. The molecule has 0 saturated heterocycles.